The number of alkyl halides is 3. The van der Waals surface area contributed by atoms with E-state index in [-0.39, 0.29) is 24.4 Å². The number of likely N-dealkylation sites (N-methyl/N-ethyl adjacent to an activating group) is 1. The molecule has 3 heterocycles. The van der Waals surface area contributed by atoms with Crippen LogP contribution in [0.4, 0.5) is 19.1 Å². The average Bonchev–Trinajstić information content (AvgIpc) is 3.59. The lowest BCUT2D eigenvalue weighted by atomic mass is 9.92. The molecule has 0 aliphatic carbocycles. The number of methoxy groups -OCH3 is 3. The SMILES string of the molecule is COc1cc(C(=O)N(C)CC(CCN2CCC(Nc3nc4c(Cc5ccccn5)cccc4[nH]3)CC2)c2cccc(C(F)(F)F)c2)cc(OC)c1OC. The van der Waals surface area contributed by atoms with Gasteiger partial charge in [-0.05, 0) is 73.3 Å². The number of carbonyl (C=O) groups is 1. The molecule has 0 bridgehead atoms. The molecule has 3 aromatic carbocycles. The van der Waals surface area contributed by atoms with Crippen molar-refractivity contribution in [3.63, 3.8) is 0 Å². The summed E-state index contributed by atoms with van der Waals surface area (Å²) in [7, 11) is 6.08. The highest BCUT2D eigenvalue weighted by atomic mass is 19.4. The Hall–Kier alpha value is -5.30. The van der Waals surface area contributed by atoms with Gasteiger partial charge < -0.3 is 34.3 Å². The molecule has 10 nitrogen and oxygen atoms in total. The van der Waals surface area contributed by atoms with Gasteiger partial charge in [-0.3, -0.25) is 9.78 Å². The molecule has 13 heteroatoms. The number of benzene rings is 3. The maximum Gasteiger partial charge on any atom is 0.416 e. The number of fused-ring (bicyclic) bond motifs is 1. The van der Waals surface area contributed by atoms with Crippen LogP contribution in [-0.2, 0) is 12.6 Å². The third-order valence-electron chi connectivity index (χ3n) is 9.85. The van der Waals surface area contributed by atoms with Crippen molar-refractivity contribution in [2.45, 2.75) is 43.8 Å². The molecule has 0 radical (unpaired) electrons. The number of halogens is 3. The topological polar surface area (TPSA) is 105 Å². The number of rotatable bonds is 14. The van der Waals surface area contributed by atoms with Gasteiger partial charge in [0.15, 0.2) is 11.5 Å². The van der Waals surface area contributed by atoms with Crippen LogP contribution >= 0.6 is 0 Å². The molecule has 1 fully saturated rings. The molecule has 280 valence electrons. The summed E-state index contributed by atoms with van der Waals surface area (Å²) >= 11 is 0. The highest BCUT2D eigenvalue weighted by Gasteiger charge is 2.32. The van der Waals surface area contributed by atoms with E-state index in [2.05, 4.69) is 26.3 Å². The van der Waals surface area contributed by atoms with Crippen molar-refractivity contribution in [2.24, 2.45) is 0 Å². The number of carbonyl (C=O) groups excluding carboxylic acids is 1. The normalized spacial score (nSPS) is 14.5. The minimum Gasteiger partial charge on any atom is -0.493 e. The van der Waals surface area contributed by atoms with Crippen LogP contribution in [0.15, 0.2) is 79.0 Å². The largest absolute Gasteiger partial charge is 0.493 e. The van der Waals surface area contributed by atoms with Crippen LogP contribution in [0.5, 0.6) is 17.2 Å². The molecule has 5 aromatic rings. The number of nitrogens with zero attached hydrogens (tertiary/aromatic N) is 4. The monoisotopic (exact) mass is 730 g/mol. The lowest BCUT2D eigenvalue weighted by molar-refractivity contribution is -0.137. The first kappa shape index (κ1) is 37.5. The van der Waals surface area contributed by atoms with Crippen molar-refractivity contribution in [2.75, 3.05) is 59.9 Å². The van der Waals surface area contributed by atoms with E-state index < -0.39 is 11.7 Å². The predicted octanol–water partition coefficient (Wildman–Crippen LogP) is 7.42. The van der Waals surface area contributed by atoms with Gasteiger partial charge in [0.05, 0.1) is 37.9 Å². The number of likely N-dealkylation sites (tertiary alicyclic amines) is 1. The highest BCUT2D eigenvalue weighted by molar-refractivity contribution is 5.95. The van der Waals surface area contributed by atoms with Crippen molar-refractivity contribution < 1.29 is 32.2 Å². The molecule has 1 atom stereocenters. The van der Waals surface area contributed by atoms with Gasteiger partial charge >= 0.3 is 6.18 Å². The van der Waals surface area contributed by atoms with Crippen LogP contribution in [0.25, 0.3) is 11.0 Å². The number of ether oxygens (including phenoxy) is 3. The molecule has 53 heavy (non-hydrogen) atoms. The molecule has 1 unspecified atom stereocenters. The third-order valence-corrected chi connectivity index (χ3v) is 9.85. The smallest absolute Gasteiger partial charge is 0.416 e. The van der Waals surface area contributed by atoms with E-state index in [0.29, 0.717) is 47.8 Å². The molecular weight excluding hydrogens is 685 g/mol. The first-order valence-corrected chi connectivity index (χ1v) is 17.6. The molecule has 1 amide bonds. The lowest BCUT2D eigenvalue weighted by Gasteiger charge is -2.34. The second-order valence-electron chi connectivity index (χ2n) is 13.4. The van der Waals surface area contributed by atoms with Crippen LogP contribution in [-0.4, -0.2) is 91.3 Å². The Morgan fingerprint density at radius 1 is 0.981 bits per heavy atom. The minimum atomic E-state index is -4.48. The van der Waals surface area contributed by atoms with E-state index >= 15 is 0 Å². The Bertz CT molecular complexity index is 1970. The van der Waals surface area contributed by atoms with Gasteiger partial charge in [-0.1, -0.05) is 36.4 Å². The molecule has 1 saturated heterocycles. The Morgan fingerprint density at radius 2 is 1.72 bits per heavy atom. The van der Waals surface area contributed by atoms with Crippen molar-refractivity contribution in [3.05, 3.63) is 107 Å². The van der Waals surface area contributed by atoms with Crippen molar-refractivity contribution in [1.29, 1.82) is 0 Å². The summed E-state index contributed by atoms with van der Waals surface area (Å²) in [5.74, 6) is 1.10. The molecule has 0 saturated carbocycles. The highest BCUT2D eigenvalue weighted by Crippen LogP contribution is 2.39. The third kappa shape index (κ3) is 9.02. The molecular formula is C40H45F3N6O4. The van der Waals surface area contributed by atoms with Gasteiger partial charge in [0.1, 0.15) is 0 Å². The summed E-state index contributed by atoms with van der Waals surface area (Å²) < 4.78 is 57.5. The molecule has 1 aliphatic rings. The molecule has 1 aliphatic heterocycles. The van der Waals surface area contributed by atoms with Gasteiger partial charge in [0.25, 0.3) is 5.91 Å². The second-order valence-corrected chi connectivity index (χ2v) is 13.4. The summed E-state index contributed by atoms with van der Waals surface area (Å²) in [6.07, 6.45) is 0.335. The number of hydrogen-bond acceptors (Lipinski definition) is 8. The zero-order valence-corrected chi connectivity index (χ0v) is 30.4. The van der Waals surface area contributed by atoms with Gasteiger partial charge in [-0.25, -0.2) is 4.98 Å². The fraction of sp³-hybridized carbons (Fsp3) is 0.375. The number of H-pyrrole nitrogens is 1. The summed E-state index contributed by atoms with van der Waals surface area (Å²) in [4.78, 5) is 30.3. The van der Waals surface area contributed by atoms with Crippen molar-refractivity contribution in [3.8, 4) is 17.2 Å². The Kier molecular flexibility index (Phi) is 11.7. The first-order chi connectivity index (χ1) is 25.6. The summed E-state index contributed by atoms with van der Waals surface area (Å²) in [5, 5.41) is 3.59. The standard InChI is InChI=1S/C40H45F3N6O4/c1-48(38(50)29-23-34(51-2)37(53-4)35(24-29)52-3)25-28(26-9-7-11-30(21-26)40(41,42)43)14-18-49-19-15-31(16-20-49)45-39-46-33-13-8-10-27(36(33)47-39)22-32-12-5-6-17-44-32/h5-13,17,21,23-24,28,31H,14-16,18-20,22,25H2,1-4H3,(H2,45,46,47). The number of amides is 1. The summed E-state index contributed by atoms with van der Waals surface area (Å²) in [6.45, 7) is 2.52. The van der Waals surface area contributed by atoms with Crippen LogP contribution in [0.1, 0.15) is 57.9 Å². The van der Waals surface area contributed by atoms with E-state index in [1.54, 1.807) is 31.4 Å². The second kappa shape index (κ2) is 16.6. The van der Waals surface area contributed by atoms with Gasteiger partial charge in [-0.15, -0.1) is 0 Å². The fourth-order valence-corrected chi connectivity index (χ4v) is 7.00. The van der Waals surface area contributed by atoms with Crippen molar-refractivity contribution >= 4 is 22.9 Å². The fourth-order valence-electron chi connectivity index (χ4n) is 7.00. The number of nitrogens with one attached hydrogen (secondary N) is 2. The lowest BCUT2D eigenvalue weighted by Crippen LogP contribution is -2.40. The van der Waals surface area contributed by atoms with Gasteiger partial charge in [-0.2, -0.15) is 13.2 Å². The van der Waals surface area contributed by atoms with Gasteiger partial charge in [0.2, 0.25) is 11.7 Å². The number of piperidine rings is 1. The number of aromatic amines is 1. The van der Waals surface area contributed by atoms with Crippen LogP contribution in [0.3, 0.4) is 0 Å². The van der Waals surface area contributed by atoms with Crippen LogP contribution < -0.4 is 19.5 Å². The van der Waals surface area contributed by atoms with E-state index in [4.69, 9.17) is 19.2 Å². The number of hydrogen-bond donors (Lipinski definition) is 2. The summed E-state index contributed by atoms with van der Waals surface area (Å²) in [5.41, 5.74) is 4.12. The molecule has 0 spiro atoms. The Balaban J connectivity index is 1.11. The average molecular weight is 731 g/mol. The van der Waals surface area contributed by atoms with E-state index in [0.717, 1.165) is 60.2 Å². The number of para-hydroxylation sites is 1. The Morgan fingerprint density at radius 3 is 2.38 bits per heavy atom. The first-order valence-electron chi connectivity index (χ1n) is 17.6. The molecule has 2 aromatic heterocycles. The van der Waals surface area contributed by atoms with Crippen LogP contribution in [0.2, 0.25) is 0 Å². The summed E-state index contributed by atoms with van der Waals surface area (Å²) in [6, 6.07) is 20.8. The van der Waals surface area contributed by atoms with Crippen LogP contribution in [0, 0.1) is 0 Å². The zero-order valence-electron chi connectivity index (χ0n) is 30.4. The number of aromatic nitrogens is 3. The zero-order chi connectivity index (χ0) is 37.5. The predicted molar refractivity (Wildman–Crippen MR) is 198 cm³/mol. The maximum atomic E-state index is 13.8. The van der Waals surface area contributed by atoms with E-state index in [9.17, 15) is 18.0 Å². The number of imidazole rings is 1. The molecule has 2 N–H and O–H groups in total. The van der Waals surface area contributed by atoms with E-state index in [1.807, 2.05) is 30.3 Å². The number of pyridine rings is 1. The van der Waals surface area contributed by atoms with Crippen molar-refractivity contribution in [1.82, 2.24) is 24.8 Å². The van der Waals surface area contributed by atoms with Gasteiger partial charge in [0, 0.05) is 62.5 Å². The minimum absolute atomic E-state index is 0.212. The Labute approximate surface area is 307 Å². The quantitative estimate of drug-likeness (QED) is 0.122. The molecule has 6 rings (SSSR count). The number of anilines is 1. The van der Waals surface area contributed by atoms with E-state index in [1.165, 1.54) is 38.4 Å². The maximum absolute atomic E-state index is 13.8.